The molecule has 4 heteroatoms. The molecule has 2 bridgehead atoms. The van der Waals surface area contributed by atoms with Gasteiger partial charge in [0.1, 0.15) is 5.82 Å². The Hall–Kier alpha value is -1.16. The Labute approximate surface area is 112 Å². The second kappa shape index (κ2) is 4.84. The van der Waals surface area contributed by atoms with Crippen molar-refractivity contribution in [2.75, 3.05) is 5.32 Å². The third-order valence-corrected chi connectivity index (χ3v) is 4.38. The quantitative estimate of drug-likeness (QED) is 0.801. The van der Waals surface area contributed by atoms with Crippen LogP contribution in [0.5, 0.6) is 0 Å². The van der Waals surface area contributed by atoms with Crippen molar-refractivity contribution in [2.24, 2.45) is 11.8 Å². The molecule has 2 aliphatic rings. The van der Waals surface area contributed by atoms with E-state index in [9.17, 15) is 4.39 Å². The van der Waals surface area contributed by atoms with Gasteiger partial charge in [-0.1, -0.05) is 6.42 Å². The molecule has 0 aliphatic heterocycles. The molecular formula is C14H17FN2S. The van der Waals surface area contributed by atoms with E-state index in [0.29, 0.717) is 11.2 Å². The van der Waals surface area contributed by atoms with Gasteiger partial charge in [-0.15, -0.1) is 0 Å². The molecule has 0 aromatic heterocycles. The highest BCUT2D eigenvalue weighted by Gasteiger charge is 2.39. The molecule has 1 aromatic rings. The van der Waals surface area contributed by atoms with Gasteiger partial charge >= 0.3 is 0 Å². The molecule has 2 nitrogen and oxygen atoms in total. The lowest BCUT2D eigenvalue weighted by molar-refractivity contribution is 0.392. The fraction of sp³-hybridized carbons (Fsp3) is 0.500. The lowest BCUT2D eigenvalue weighted by atomic mass is 9.96. The van der Waals surface area contributed by atoms with E-state index in [1.807, 2.05) is 0 Å². The predicted molar refractivity (Wildman–Crippen MR) is 75.0 cm³/mol. The number of benzene rings is 1. The number of thiocarbonyl (C=S) groups is 1. The molecule has 0 spiro atoms. The Balaban J connectivity index is 1.54. The lowest BCUT2D eigenvalue weighted by Crippen LogP contribution is -2.40. The minimum absolute atomic E-state index is 0.229. The Morgan fingerprint density at radius 3 is 2.56 bits per heavy atom. The van der Waals surface area contributed by atoms with Crippen molar-refractivity contribution in [3.63, 3.8) is 0 Å². The van der Waals surface area contributed by atoms with Gasteiger partial charge in [0.15, 0.2) is 5.11 Å². The summed E-state index contributed by atoms with van der Waals surface area (Å²) in [6.45, 7) is 0. The molecule has 0 heterocycles. The van der Waals surface area contributed by atoms with Crippen LogP contribution in [-0.2, 0) is 0 Å². The maximum atomic E-state index is 12.8. The van der Waals surface area contributed by atoms with Crippen molar-refractivity contribution in [3.8, 4) is 0 Å². The first-order valence-corrected chi connectivity index (χ1v) is 6.94. The molecule has 2 aliphatic carbocycles. The van der Waals surface area contributed by atoms with Crippen LogP contribution in [0.1, 0.15) is 25.7 Å². The van der Waals surface area contributed by atoms with Crippen LogP contribution in [0.15, 0.2) is 24.3 Å². The average Bonchev–Trinajstić information content (AvgIpc) is 2.94. The van der Waals surface area contributed by atoms with Crippen molar-refractivity contribution in [2.45, 2.75) is 31.7 Å². The van der Waals surface area contributed by atoms with Gasteiger partial charge in [0.05, 0.1) is 0 Å². The molecule has 18 heavy (non-hydrogen) atoms. The maximum absolute atomic E-state index is 12.8. The van der Waals surface area contributed by atoms with Gasteiger partial charge in [0.25, 0.3) is 0 Å². The molecule has 3 rings (SSSR count). The summed E-state index contributed by atoms with van der Waals surface area (Å²) in [7, 11) is 0. The van der Waals surface area contributed by atoms with Crippen molar-refractivity contribution in [1.82, 2.24) is 5.32 Å². The third-order valence-electron chi connectivity index (χ3n) is 4.16. The molecule has 0 amide bonds. The van der Waals surface area contributed by atoms with E-state index in [4.69, 9.17) is 12.2 Å². The number of hydrogen-bond donors (Lipinski definition) is 2. The highest BCUT2D eigenvalue weighted by molar-refractivity contribution is 7.80. The van der Waals surface area contributed by atoms with E-state index in [1.165, 1.54) is 37.8 Å². The number of halogens is 1. The molecule has 0 saturated heterocycles. The van der Waals surface area contributed by atoms with E-state index < -0.39 is 0 Å². The Bertz CT molecular complexity index is 446. The molecule has 2 saturated carbocycles. The van der Waals surface area contributed by atoms with Crippen molar-refractivity contribution < 1.29 is 4.39 Å². The third kappa shape index (κ3) is 2.48. The highest BCUT2D eigenvalue weighted by atomic mass is 32.1. The van der Waals surface area contributed by atoms with Gasteiger partial charge < -0.3 is 10.6 Å². The molecule has 0 radical (unpaired) electrons. The normalized spacial score (nSPS) is 29.3. The van der Waals surface area contributed by atoms with Crippen LogP contribution in [0.4, 0.5) is 10.1 Å². The van der Waals surface area contributed by atoms with Crippen LogP contribution in [0, 0.1) is 17.7 Å². The topological polar surface area (TPSA) is 24.1 Å². The highest BCUT2D eigenvalue weighted by Crippen LogP contribution is 2.44. The van der Waals surface area contributed by atoms with Crippen LogP contribution in [0.3, 0.4) is 0 Å². The Kier molecular flexibility index (Phi) is 3.20. The average molecular weight is 264 g/mol. The lowest BCUT2D eigenvalue weighted by Gasteiger charge is -2.24. The first kappa shape index (κ1) is 11.9. The summed E-state index contributed by atoms with van der Waals surface area (Å²) in [5.41, 5.74) is 0.831. The zero-order valence-electron chi connectivity index (χ0n) is 10.2. The van der Waals surface area contributed by atoms with Gasteiger partial charge in [-0.25, -0.2) is 4.39 Å². The number of anilines is 1. The van der Waals surface area contributed by atoms with E-state index in [0.717, 1.165) is 17.5 Å². The van der Waals surface area contributed by atoms with Crippen molar-refractivity contribution >= 4 is 23.0 Å². The standard InChI is InChI=1S/C14H17FN2S/c15-11-3-5-12(6-4-11)16-14(18)17-13-8-9-1-2-10(13)7-9/h3-6,9-10,13H,1-2,7-8H2,(H2,16,17,18)/t9-,10-,13-/m1/s1. The van der Waals surface area contributed by atoms with Gasteiger partial charge in [-0.05, 0) is 67.6 Å². The molecule has 96 valence electrons. The minimum Gasteiger partial charge on any atom is -0.359 e. The van der Waals surface area contributed by atoms with E-state index in [1.54, 1.807) is 12.1 Å². The number of fused-ring (bicyclic) bond motifs is 2. The van der Waals surface area contributed by atoms with Crippen LogP contribution >= 0.6 is 12.2 Å². The fourth-order valence-electron chi connectivity index (χ4n) is 3.29. The van der Waals surface area contributed by atoms with Gasteiger partial charge in [-0.2, -0.15) is 0 Å². The zero-order chi connectivity index (χ0) is 12.5. The summed E-state index contributed by atoms with van der Waals surface area (Å²) in [4.78, 5) is 0. The summed E-state index contributed by atoms with van der Waals surface area (Å²) >= 11 is 5.31. The van der Waals surface area contributed by atoms with Gasteiger partial charge in [0.2, 0.25) is 0 Å². The first-order valence-electron chi connectivity index (χ1n) is 6.54. The molecule has 0 unspecified atom stereocenters. The monoisotopic (exact) mass is 264 g/mol. The minimum atomic E-state index is -0.229. The first-order chi connectivity index (χ1) is 8.70. The van der Waals surface area contributed by atoms with Crippen molar-refractivity contribution in [1.29, 1.82) is 0 Å². The van der Waals surface area contributed by atoms with Gasteiger partial charge in [0, 0.05) is 11.7 Å². The maximum Gasteiger partial charge on any atom is 0.171 e. The summed E-state index contributed by atoms with van der Waals surface area (Å²) in [6, 6.07) is 6.79. The van der Waals surface area contributed by atoms with Crippen LogP contribution in [-0.4, -0.2) is 11.2 Å². The zero-order valence-corrected chi connectivity index (χ0v) is 11.0. The number of hydrogen-bond acceptors (Lipinski definition) is 1. The second-order valence-corrected chi connectivity index (χ2v) is 5.79. The molecular weight excluding hydrogens is 247 g/mol. The van der Waals surface area contributed by atoms with Crippen LogP contribution in [0.25, 0.3) is 0 Å². The second-order valence-electron chi connectivity index (χ2n) is 5.39. The van der Waals surface area contributed by atoms with Crippen molar-refractivity contribution in [3.05, 3.63) is 30.1 Å². The number of nitrogens with one attached hydrogen (secondary N) is 2. The van der Waals surface area contributed by atoms with Crippen LogP contribution in [0.2, 0.25) is 0 Å². The SMILES string of the molecule is Fc1ccc(NC(=S)N[C@@H]2C[C@@H]3CC[C@@H]2C3)cc1. The molecule has 2 N–H and O–H groups in total. The van der Waals surface area contributed by atoms with Crippen LogP contribution < -0.4 is 10.6 Å². The molecule has 1 aromatic carbocycles. The fourth-order valence-corrected chi connectivity index (χ4v) is 3.56. The summed E-state index contributed by atoms with van der Waals surface area (Å²) in [5, 5.41) is 7.16. The van der Waals surface area contributed by atoms with Gasteiger partial charge in [-0.3, -0.25) is 0 Å². The predicted octanol–water partition coefficient (Wildman–Crippen LogP) is 3.30. The summed E-state index contributed by atoms with van der Waals surface area (Å²) in [6.07, 6.45) is 5.33. The Morgan fingerprint density at radius 1 is 1.17 bits per heavy atom. The largest absolute Gasteiger partial charge is 0.359 e. The van der Waals surface area contributed by atoms with E-state index in [2.05, 4.69) is 10.6 Å². The summed E-state index contributed by atoms with van der Waals surface area (Å²) in [5.74, 6) is 1.47. The van der Waals surface area contributed by atoms with E-state index in [-0.39, 0.29) is 5.82 Å². The molecule has 2 fully saturated rings. The summed E-state index contributed by atoms with van der Waals surface area (Å²) < 4.78 is 12.8. The number of rotatable bonds is 2. The van der Waals surface area contributed by atoms with E-state index >= 15 is 0 Å². The Morgan fingerprint density at radius 2 is 1.94 bits per heavy atom. The molecule has 3 atom stereocenters. The smallest absolute Gasteiger partial charge is 0.171 e.